The van der Waals surface area contributed by atoms with Crippen molar-refractivity contribution in [2.45, 2.75) is 48.2 Å². The molecule has 1 saturated carbocycles. The van der Waals surface area contributed by atoms with Crippen LogP contribution in [0.2, 0.25) is 0 Å². The van der Waals surface area contributed by atoms with Crippen molar-refractivity contribution in [1.82, 2.24) is 29.2 Å². The third-order valence-corrected chi connectivity index (χ3v) is 9.88. The number of oxime groups is 1. The number of β-lactam (4-membered cyclic amide) rings is 1. The summed E-state index contributed by atoms with van der Waals surface area (Å²) in [4.78, 5) is 49.4. The molecular formula is C24H25N9O5S3. The molecule has 17 heteroatoms. The zero-order valence-electron chi connectivity index (χ0n) is 21.8. The molecule has 2 atom stereocenters. The van der Waals surface area contributed by atoms with Gasteiger partial charge in [-0.15, -0.1) is 16.3 Å². The summed E-state index contributed by atoms with van der Waals surface area (Å²) in [5.74, 6) is -2.06. The van der Waals surface area contributed by atoms with Crippen LogP contribution >= 0.6 is 35.1 Å². The number of rotatable bonds is 9. The van der Waals surface area contributed by atoms with Gasteiger partial charge in [-0.1, -0.05) is 22.0 Å². The monoisotopic (exact) mass is 615 g/mol. The SMILES string of the molecule is C[n+]1ccn2nc(SCC3=C(C(=O)[O-])N4C(=O)[C@@H](NC(=O)/C(=N\OC5CCCC5)c5nsc(N)n5)[C@H]4SC3)ccc21. The number of fused-ring (bicyclic) bond motifs is 2. The summed E-state index contributed by atoms with van der Waals surface area (Å²) in [7, 11) is 1.92. The highest BCUT2D eigenvalue weighted by Gasteiger charge is 2.53. The van der Waals surface area contributed by atoms with Gasteiger partial charge in [-0.25, -0.2) is 4.57 Å². The second-order valence-electron chi connectivity index (χ2n) is 9.68. The second-order valence-corrected chi connectivity index (χ2v) is 12.6. The lowest BCUT2D eigenvalue weighted by molar-refractivity contribution is -0.644. The summed E-state index contributed by atoms with van der Waals surface area (Å²) in [6.07, 6.45) is 7.29. The maximum Gasteiger partial charge on any atom is 0.306 e. The Kier molecular flexibility index (Phi) is 7.56. The summed E-state index contributed by atoms with van der Waals surface area (Å²) in [5.41, 5.74) is 6.80. The molecule has 3 aromatic heterocycles. The predicted molar refractivity (Wildman–Crippen MR) is 148 cm³/mol. The van der Waals surface area contributed by atoms with E-state index in [-0.39, 0.29) is 28.5 Å². The number of imidazole rings is 1. The van der Waals surface area contributed by atoms with E-state index in [0.717, 1.165) is 42.9 Å². The van der Waals surface area contributed by atoms with Crippen molar-refractivity contribution in [3.05, 3.63) is 41.6 Å². The van der Waals surface area contributed by atoms with Crippen LogP contribution in [-0.4, -0.2) is 76.4 Å². The molecule has 3 aromatic rings. The minimum absolute atomic E-state index is 0.00184. The number of anilines is 1. The largest absolute Gasteiger partial charge is 0.543 e. The van der Waals surface area contributed by atoms with Gasteiger partial charge in [-0.2, -0.15) is 9.36 Å². The van der Waals surface area contributed by atoms with Gasteiger partial charge in [0.25, 0.3) is 11.8 Å². The lowest BCUT2D eigenvalue weighted by Crippen LogP contribution is -2.71. The predicted octanol–water partition coefficient (Wildman–Crippen LogP) is -0.548. The number of nitrogens with zero attached hydrogens (tertiary/aromatic N) is 7. The molecule has 0 radical (unpaired) electrons. The molecule has 2 aliphatic heterocycles. The zero-order chi connectivity index (χ0) is 28.7. The molecule has 3 N–H and O–H groups in total. The molecule has 214 valence electrons. The van der Waals surface area contributed by atoms with Crippen molar-refractivity contribution in [3.8, 4) is 0 Å². The van der Waals surface area contributed by atoms with Gasteiger partial charge < -0.3 is 25.8 Å². The molecule has 2 fully saturated rings. The maximum absolute atomic E-state index is 13.2. The first-order valence-corrected chi connectivity index (χ1v) is 15.6. The minimum atomic E-state index is -1.45. The fraction of sp³-hybridized carbons (Fsp3) is 0.417. The first-order valence-electron chi connectivity index (χ1n) is 12.8. The van der Waals surface area contributed by atoms with E-state index in [9.17, 15) is 19.5 Å². The molecule has 3 aliphatic rings. The fourth-order valence-electron chi connectivity index (χ4n) is 4.91. The lowest BCUT2D eigenvalue weighted by Gasteiger charge is -2.50. The van der Waals surface area contributed by atoms with Gasteiger partial charge in [0.15, 0.2) is 11.3 Å². The average molecular weight is 616 g/mol. The number of nitrogens with one attached hydrogen (secondary N) is 1. The van der Waals surface area contributed by atoms with Crippen LogP contribution in [0.25, 0.3) is 5.65 Å². The third kappa shape index (κ3) is 5.36. The quantitative estimate of drug-likeness (QED) is 0.104. The van der Waals surface area contributed by atoms with Gasteiger partial charge in [0, 0.05) is 29.1 Å². The molecule has 1 aliphatic carbocycles. The van der Waals surface area contributed by atoms with Crippen molar-refractivity contribution < 1.29 is 28.9 Å². The number of aromatic nitrogens is 5. The number of carbonyl (C=O) groups excluding carboxylic acids is 3. The summed E-state index contributed by atoms with van der Waals surface area (Å²) in [6.45, 7) is 0. The average Bonchev–Trinajstić information content (AvgIpc) is 3.72. The Morgan fingerprint density at radius 1 is 1.34 bits per heavy atom. The topological polar surface area (TPSA) is 184 Å². The van der Waals surface area contributed by atoms with Gasteiger partial charge >= 0.3 is 5.65 Å². The summed E-state index contributed by atoms with van der Waals surface area (Å²) in [6, 6.07) is 2.81. The summed E-state index contributed by atoms with van der Waals surface area (Å²) >= 11 is 3.64. The van der Waals surface area contributed by atoms with E-state index >= 15 is 0 Å². The summed E-state index contributed by atoms with van der Waals surface area (Å²) < 4.78 is 7.74. The highest BCUT2D eigenvalue weighted by molar-refractivity contribution is 8.01. The fourth-order valence-corrected chi connectivity index (χ4v) is 7.69. The smallest absolute Gasteiger partial charge is 0.306 e. The number of nitrogens with two attached hydrogens (primary N) is 1. The number of carboxylic acid groups (broad SMARTS) is 1. The number of nitrogen functional groups attached to an aromatic ring is 1. The van der Waals surface area contributed by atoms with Crippen molar-refractivity contribution in [2.75, 3.05) is 17.2 Å². The first kappa shape index (κ1) is 27.5. The normalized spacial score (nSPS) is 21.2. The van der Waals surface area contributed by atoms with E-state index < -0.39 is 29.2 Å². The molecule has 0 spiro atoms. The van der Waals surface area contributed by atoms with Crippen LogP contribution in [0.5, 0.6) is 0 Å². The van der Waals surface area contributed by atoms with E-state index in [1.165, 1.54) is 28.4 Å². The number of hydrogen-bond donors (Lipinski definition) is 2. The van der Waals surface area contributed by atoms with Crippen molar-refractivity contribution >= 4 is 69.3 Å². The minimum Gasteiger partial charge on any atom is -0.543 e. The molecule has 5 heterocycles. The van der Waals surface area contributed by atoms with Gasteiger partial charge in [-0.3, -0.25) is 14.5 Å². The molecule has 0 bridgehead atoms. The van der Waals surface area contributed by atoms with E-state index in [1.54, 1.807) is 4.52 Å². The van der Waals surface area contributed by atoms with Crippen molar-refractivity contribution in [3.63, 3.8) is 0 Å². The van der Waals surface area contributed by atoms with Crippen LogP contribution in [-0.2, 0) is 26.3 Å². The van der Waals surface area contributed by atoms with E-state index in [1.807, 2.05) is 36.1 Å². The van der Waals surface area contributed by atoms with E-state index in [0.29, 0.717) is 22.1 Å². The highest BCUT2D eigenvalue weighted by Crippen LogP contribution is 2.41. The Hall–Kier alpha value is -3.70. The van der Waals surface area contributed by atoms with Crippen molar-refractivity contribution in [2.24, 2.45) is 12.2 Å². The lowest BCUT2D eigenvalue weighted by atomic mass is 10.0. The van der Waals surface area contributed by atoms with Gasteiger partial charge in [0.2, 0.25) is 11.5 Å². The third-order valence-electron chi connectivity index (χ3n) is 6.99. The van der Waals surface area contributed by atoms with Gasteiger partial charge in [0.1, 0.15) is 28.7 Å². The maximum atomic E-state index is 13.2. The molecule has 2 amide bonds. The Balaban J connectivity index is 1.16. The number of carbonyl (C=O) groups is 3. The Morgan fingerprint density at radius 2 is 2.15 bits per heavy atom. The number of thioether (sulfide) groups is 2. The van der Waals surface area contributed by atoms with Crippen LogP contribution in [0, 0.1) is 0 Å². The number of amides is 2. The van der Waals surface area contributed by atoms with Crippen LogP contribution in [0.1, 0.15) is 31.5 Å². The number of carboxylic acids is 1. The molecule has 0 aromatic carbocycles. The molecule has 1 saturated heterocycles. The molecule has 41 heavy (non-hydrogen) atoms. The van der Waals surface area contributed by atoms with Crippen LogP contribution < -0.4 is 20.7 Å². The molecule has 6 rings (SSSR count). The standard InChI is InChI=1S/C24H25N9O5S3/c1-31-8-9-32-15(31)7-6-14(28-32)39-10-12-11-40-22-17(21(35)33(22)18(12)23(36)37)26-20(34)16(19-27-24(25)41-30-19)29-38-13-4-2-3-5-13/h6-9,13,17,22H,2-5,10-11H2,1H3,(H3-,25,26,27,30,34,36,37)/b29-16-/t17-,22-/m1/s1. The van der Waals surface area contributed by atoms with Crippen LogP contribution in [0.4, 0.5) is 5.13 Å². The van der Waals surface area contributed by atoms with Gasteiger partial charge in [-0.05, 0) is 37.3 Å². The summed E-state index contributed by atoms with van der Waals surface area (Å²) in [5, 5.41) is 23.6. The first-order chi connectivity index (χ1) is 19.8. The number of aryl methyl sites for hydroxylation is 1. The Morgan fingerprint density at radius 3 is 2.88 bits per heavy atom. The highest BCUT2D eigenvalue weighted by atomic mass is 32.2. The van der Waals surface area contributed by atoms with E-state index in [4.69, 9.17) is 10.6 Å². The Labute approximate surface area is 246 Å². The number of hydrogen-bond acceptors (Lipinski definition) is 13. The second kappa shape index (κ2) is 11.3. The molecular weight excluding hydrogens is 591 g/mol. The van der Waals surface area contributed by atoms with Crippen LogP contribution in [0.3, 0.4) is 0 Å². The number of aliphatic carboxylic acids is 1. The van der Waals surface area contributed by atoms with E-state index in [2.05, 4.69) is 24.9 Å². The van der Waals surface area contributed by atoms with Gasteiger partial charge in [0.05, 0.1) is 18.7 Å². The van der Waals surface area contributed by atoms with Crippen LogP contribution in [0.15, 0.2) is 46.0 Å². The zero-order valence-corrected chi connectivity index (χ0v) is 24.2. The van der Waals surface area contributed by atoms with Crippen molar-refractivity contribution in [1.29, 1.82) is 0 Å². The molecule has 14 nitrogen and oxygen atoms in total. The Bertz CT molecular complexity index is 1600. The molecule has 0 unspecified atom stereocenters.